The first kappa shape index (κ1) is 14.6. The number of likely N-dealkylation sites (tertiary alicyclic amines) is 1. The molecule has 3 heteroatoms. The fourth-order valence-corrected chi connectivity index (χ4v) is 2.51. The molecule has 0 aliphatic carbocycles. The summed E-state index contributed by atoms with van der Waals surface area (Å²) in [5, 5.41) is 8.76. The van der Waals surface area contributed by atoms with Crippen LogP contribution in [0.15, 0.2) is 18.2 Å². The van der Waals surface area contributed by atoms with Crippen LogP contribution in [0.1, 0.15) is 41.3 Å². The molecule has 0 atom stereocenters. The van der Waals surface area contributed by atoms with E-state index in [9.17, 15) is 4.79 Å². The summed E-state index contributed by atoms with van der Waals surface area (Å²) in [6.45, 7) is 5.70. The van der Waals surface area contributed by atoms with Gasteiger partial charge in [0, 0.05) is 24.2 Å². The number of hydrogen-bond acceptors (Lipinski definition) is 2. The van der Waals surface area contributed by atoms with Crippen molar-refractivity contribution in [3.05, 3.63) is 34.9 Å². The molecule has 1 aliphatic rings. The quantitative estimate of drug-likeness (QED) is 0.796. The van der Waals surface area contributed by atoms with E-state index < -0.39 is 0 Å². The van der Waals surface area contributed by atoms with Gasteiger partial charge in [0.25, 0.3) is 5.91 Å². The van der Waals surface area contributed by atoms with Crippen LogP contribution in [-0.4, -0.2) is 35.6 Å². The maximum atomic E-state index is 12.5. The zero-order valence-electron chi connectivity index (χ0n) is 12.1. The molecule has 0 saturated carbocycles. The van der Waals surface area contributed by atoms with Crippen molar-refractivity contribution < 1.29 is 9.90 Å². The van der Waals surface area contributed by atoms with Crippen LogP contribution >= 0.6 is 0 Å². The van der Waals surface area contributed by atoms with Gasteiger partial charge < -0.3 is 10.0 Å². The molecule has 1 amide bonds. The number of nitrogens with zero attached hydrogens (tertiary/aromatic N) is 1. The van der Waals surface area contributed by atoms with Crippen molar-refractivity contribution in [3.63, 3.8) is 0 Å². The molecule has 0 spiro atoms. The first-order chi connectivity index (χ1) is 9.60. The molecule has 0 bridgehead atoms. The second kappa shape index (κ2) is 6.58. The third kappa shape index (κ3) is 3.61. The zero-order valence-corrected chi connectivity index (χ0v) is 12.1. The van der Waals surface area contributed by atoms with Gasteiger partial charge in [-0.2, -0.15) is 0 Å². The van der Waals surface area contributed by atoms with Gasteiger partial charge in [-0.15, -0.1) is 0 Å². The Bertz CT molecular complexity index is 546. The predicted molar refractivity (Wildman–Crippen MR) is 79.4 cm³/mol. The second-order valence-electron chi connectivity index (χ2n) is 5.52. The van der Waals surface area contributed by atoms with Crippen molar-refractivity contribution in [1.82, 2.24) is 4.90 Å². The number of aliphatic hydroxyl groups excluding tert-OH is 1. The summed E-state index contributed by atoms with van der Waals surface area (Å²) in [4.78, 5) is 14.4. The van der Waals surface area contributed by atoms with Crippen LogP contribution < -0.4 is 0 Å². The van der Waals surface area contributed by atoms with Gasteiger partial charge in [0.15, 0.2) is 0 Å². The Balaban J connectivity index is 2.19. The SMILES string of the molecule is Cc1cc(C#CCO)cc(C(=O)N2CCC(C)CC2)c1. The lowest BCUT2D eigenvalue weighted by molar-refractivity contribution is 0.0697. The number of hydrogen-bond donors (Lipinski definition) is 1. The summed E-state index contributed by atoms with van der Waals surface area (Å²) in [5.74, 6) is 6.29. The monoisotopic (exact) mass is 271 g/mol. The largest absolute Gasteiger partial charge is 0.384 e. The number of carbonyl (C=O) groups excluding carboxylic acids is 1. The molecular formula is C17H21NO2. The molecule has 1 aromatic rings. The molecule has 1 N–H and O–H groups in total. The Kier molecular flexibility index (Phi) is 4.81. The normalized spacial score (nSPS) is 15.7. The highest BCUT2D eigenvalue weighted by molar-refractivity contribution is 5.94. The molecule has 1 aromatic carbocycles. The molecule has 20 heavy (non-hydrogen) atoms. The van der Waals surface area contributed by atoms with Crippen LogP contribution in [0.25, 0.3) is 0 Å². The highest BCUT2D eigenvalue weighted by atomic mass is 16.2. The number of benzene rings is 1. The van der Waals surface area contributed by atoms with Gasteiger partial charge in [-0.1, -0.05) is 18.8 Å². The van der Waals surface area contributed by atoms with Gasteiger partial charge in [0.05, 0.1) is 0 Å². The van der Waals surface area contributed by atoms with Gasteiger partial charge in [0.1, 0.15) is 6.61 Å². The number of amides is 1. The fraction of sp³-hybridized carbons (Fsp3) is 0.471. The molecule has 0 unspecified atom stereocenters. The molecular weight excluding hydrogens is 250 g/mol. The Morgan fingerprint density at radius 1 is 1.35 bits per heavy atom. The van der Waals surface area contributed by atoms with E-state index in [2.05, 4.69) is 18.8 Å². The van der Waals surface area contributed by atoms with Crippen molar-refractivity contribution in [2.45, 2.75) is 26.7 Å². The van der Waals surface area contributed by atoms with E-state index >= 15 is 0 Å². The van der Waals surface area contributed by atoms with E-state index in [4.69, 9.17) is 5.11 Å². The third-order valence-electron chi connectivity index (χ3n) is 3.71. The lowest BCUT2D eigenvalue weighted by Crippen LogP contribution is -2.37. The standard InChI is InChI=1S/C17H21NO2/c1-13-5-7-18(8-6-13)17(20)16-11-14(2)10-15(12-16)4-3-9-19/h10-13,19H,5-9H2,1-2H3. The summed E-state index contributed by atoms with van der Waals surface area (Å²) in [6.07, 6.45) is 2.16. The summed E-state index contributed by atoms with van der Waals surface area (Å²) >= 11 is 0. The summed E-state index contributed by atoms with van der Waals surface area (Å²) < 4.78 is 0. The van der Waals surface area contributed by atoms with Crippen molar-refractivity contribution >= 4 is 5.91 Å². The fourth-order valence-electron chi connectivity index (χ4n) is 2.51. The lowest BCUT2D eigenvalue weighted by Gasteiger charge is -2.30. The smallest absolute Gasteiger partial charge is 0.253 e. The molecule has 1 saturated heterocycles. The van der Waals surface area contributed by atoms with E-state index in [0.29, 0.717) is 11.5 Å². The minimum absolute atomic E-state index is 0.0904. The Morgan fingerprint density at radius 2 is 2.05 bits per heavy atom. The van der Waals surface area contributed by atoms with Gasteiger partial charge in [-0.25, -0.2) is 0 Å². The highest BCUT2D eigenvalue weighted by Gasteiger charge is 2.21. The molecule has 0 aromatic heterocycles. The number of aliphatic hydroxyl groups is 1. The predicted octanol–water partition coefficient (Wildman–Crippen LogP) is 2.21. The maximum absolute atomic E-state index is 12.5. The molecule has 0 radical (unpaired) electrons. The Labute approximate surface area is 120 Å². The van der Waals surface area contributed by atoms with Crippen LogP contribution in [0.5, 0.6) is 0 Å². The molecule has 3 nitrogen and oxygen atoms in total. The number of aryl methyl sites for hydroxylation is 1. The topological polar surface area (TPSA) is 40.5 Å². The number of rotatable bonds is 1. The number of carbonyl (C=O) groups is 1. The van der Waals surface area contributed by atoms with Crippen molar-refractivity contribution in [2.24, 2.45) is 5.92 Å². The molecule has 106 valence electrons. The van der Waals surface area contributed by atoms with Crippen LogP contribution in [0.4, 0.5) is 0 Å². The minimum atomic E-state index is -0.165. The lowest BCUT2D eigenvalue weighted by atomic mass is 9.98. The summed E-state index contributed by atoms with van der Waals surface area (Å²) in [7, 11) is 0. The van der Waals surface area contributed by atoms with Gasteiger partial charge >= 0.3 is 0 Å². The maximum Gasteiger partial charge on any atom is 0.253 e. The Hall–Kier alpha value is -1.79. The average Bonchev–Trinajstić information content (AvgIpc) is 2.44. The molecule has 1 aliphatic heterocycles. The van der Waals surface area contributed by atoms with Crippen molar-refractivity contribution in [3.8, 4) is 11.8 Å². The third-order valence-corrected chi connectivity index (χ3v) is 3.71. The second-order valence-corrected chi connectivity index (χ2v) is 5.52. The average molecular weight is 271 g/mol. The number of piperidine rings is 1. The van der Waals surface area contributed by atoms with Crippen LogP contribution in [-0.2, 0) is 0 Å². The van der Waals surface area contributed by atoms with Crippen LogP contribution in [0.2, 0.25) is 0 Å². The highest BCUT2D eigenvalue weighted by Crippen LogP contribution is 2.19. The minimum Gasteiger partial charge on any atom is -0.384 e. The summed E-state index contributed by atoms with van der Waals surface area (Å²) in [6, 6.07) is 5.65. The zero-order chi connectivity index (χ0) is 14.5. The molecule has 1 heterocycles. The first-order valence-electron chi connectivity index (χ1n) is 7.11. The first-order valence-corrected chi connectivity index (χ1v) is 7.11. The van der Waals surface area contributed by atoms with E-state index in [0.717, 1.165) is 37.1 Å². The molecule has 2 rings (SSSR count). The van der Waals surface area contributed by atoms with Crippen LogP contribution in [0, 0.1) is 24.7 Å². The van der Waals surface area contributed by atoms with E-state index in [1.807, 2.05) is 30.0 Å². The van der Waals surface area contributed by atoms with Gasteiger partial charge in [0.2, 0.25) is 0 Å². The van der Waals surface area contributed by atoms with E-state index in [1.165, 1.54) is 0 Å². The molecule has 1 fully saturated rings. The summed E-state index contributed by atoms with van der Waals surface area (Å²) in [5.41, 5.74) is 2.50. The van der Waals surface area contributed by atoms with Gasteiger partial charge in [-0.3, -0.25) is 4.79 Å². The van der Waals surface area contributed by atoms with E-state index in [-0.39, 0.29) is 12.5 Å². The van der Waals surface area contributed by atoms with Crippen molar-refractivity contribution in [1.29, 1.82) is 0 Å². The van der Waals surface area contributed by atoms with Crippen LogP contribution in [0.3, 0.4) is 0 Å². The van der Waals surface area contributed by atoms with Gasteiger partial charge in [-0.05, 0) is 49.4 Å². The van der Waals surface area contributed by atoms with Crippen molar-refractivity contribution in [2.75, 3.05) is 19.7 Å². The van der Waals surface area contributed by atoms with E-state index in [1.54, 1.807) is 0 Å². The Morgan fingerprint density at radius 3 is 2.70 bits per heavy atom.